The minimum atomic E-state index is -0.287. The van der Waals surface area contributed by atoms with Gasteiger partial charge in [-0.2, -0.15) is 0 Å². The van der Waals surface area contributed by atoms with Crippen LogP contribution in [0.25, 0.3) is 0 Å². The third-order valence-corrected chi connectivity index (χ3v) is 5.02. The number of nitrogens with one attached hydrogen (secondary N) is 2. The molecular weight excluding hydrogens is 349 g/mol. The fraction of sp³-hybridized carbons (Fsp3) is 0.200. The molecule has 0 saturated heterocycles. The van der Waals surface area contributed by atoms with Gasteiger partial charge in [-0.15, -0.1) is 0 Å². The van der Waals surface area contributed by atoms with E-state index in [2.05, 4.69) is 27.8 Å². The Kier molecular flexibility index (Phi) is 5.96. The summed E-state index contributed by atoms with van der Waals surface area (Å²) >= 11 is 1.35. The highest BCUT2D eigenvalue weighted by molar-refractivity contribution is 7.17. The van der Waals surface area contributed by atoms with Crippen molar-refractivity contribution in [3.8, 4) is 0 Å². The number of benzene rings is 2. The number of aromatic nitrogens is 1. The Morgan fingerprint density at radius 3 is 2.54 bits per heavy atom. The molecule has 0 bridgehead atoms. The van der Waals surface area contributed by atoms with Crippen molar-refractivity contribution in [1.29, 1.82) is 0 Å². The summed E-state index contributed by atoms with van der Waals surface area (Å²) in [5.41, 5.74) is 2.81. The first kappa shape index (κ1) is 18.1. The minimum Gasteiger partial charge on any atom is -0.361 e. The molecule has 0 saturated carbocycles. The maximum absolute atomic E-state index is 12.9. The summed E-state index contributed by atoms with van der Waals surface area (Å²) in [5, 5.41) is 6.87. The van der Waals surface area contributed by atoms with Crippen molar-refractivity contribution < 1.29 is 9.18 Å². The lowest BCUT2D eigenvalue weighted by Gasteiger charge is -2.04. The zero-order valence-electron chi connectivity index (χ0n) is 14.5. The molecule has 0 aliphatic rings. The first-order valence-electron chi connectivity index (χ1n) is 8.39. The van der Waals surface area contributed by atoms with Crippen molar-refractivity contribution in [2.24, 2.45) is 0 Å². The second-order valence-corrected chi connectivity index (χ2v) is 6.90. The number of hydrogen-bond acceptors (Lipinski definition) is 4. The van der Waals surface area contributed by atoms with Crippen LogP contribution >= 0.6 is 11.3 Å². The number of rotatable bonds is 7. The lowest BCUT2D eigenvalue weighted by molar-refractivity contribution is 0.0954. The van der Waals surface area contributed by atoms with Crippen molar-refractivity contribution in [1.82, 2.24) is 10.3 Å². The highest BCUT2D eigenvalue weighted by Gasteiger charge is 2.15. The van der Waals surface area contributed by atoms with Gasteiger partial charge in [-0.3, -0.25) is 4.79 Å². The van der Waals surface area contributed by atoms with Crippen LogP contribution in [-0.4, -0.2) is 17.4 Å². The molecule has 0 aliphatic carbocycles. The van der Waals surface area contributed by atoms with E-state index < -0.39 is 0 Å². The highest BCUT2D eigenvalue weighted by Crippen LogP contribution is 2.22. The second kappa shape index (κ2) is 8.58. The Morgan fingerprint density at radius 1 is 1.08 bits per heavy atom. The van der Waals surface area contributed by atoms with Gasteiger partial charge in [0.1, 0.15) is 10.7 Å². The summed E-state index contributed by atoms with van der Waals surface area (Å²) < 4.78 is 12.9. The lowest BCUT2D eigenvalue weighted by atomic mass is 10.2. The fourth-order valence-corrected chi connectivity index (χ4v) is 3.41. The van der Waals surface area contributed by atoms with Crippen molar-refractivity contribution in [3.05, 3.63) is 82.1 Å². The number of carbonyl (C=O) groups excluding carboxylic acids is 1. The van der Waals surface area contributed by atoms with Crippen LogP contribution in [0.5, 0.6) is 0 Å². The quantitative estimate of drug-likeness (QED) is 0.657. The summed E-state index contributed by atoms with van der Waals surface area (Å²) in [6, 6.07) is 16.3. The van der Waals surface area contributed by atoms with Crippen LogP contribution in [0.2, 0.25) is 0 Å². The molecule has 0 unspecified atom stereocenters. The van der Waals surface area contributed by atoms with Gasteiger partial charge in [-0.1, -0.05) is 53.8 Å². The molecule has 4 nitrogen and oxygen atoms in total. The third kappa shape index (κ3) is 4.89. The molecule has 0 fully saturated rings. The number of carbonyl (C=O) groups is 1. The molecule has 2 aromatic carbocycles. The number of nitrogens with zero attached hydrogens (tertiary/aromatic N) is 1. The maximum Gasteiger partial charge on any atom is 0.263 e. The fourth-order valence-electron chi connectivity index (χ4n) is 2.51. The SMILES string of the molecule is Cc1nc(NCCc2ccccc2)sc1C(=O)NCc1ccc(F)cc1. The van der Waals surface area contributed by atoms with E-state index in [1.54, 1.807) is 12.1 Å². The van der Waals surface area contributed by atoms with Crippen molar-refractivity contribution >= 4 is 22.4 Å². The van der Waals surface area contributed by atoms with Crippen molar-refractivity contribution in [2.45, 2.75) is 19.9 Å². The number of halogens is 1. The molecule has 6 heteroatoms. The molecule has 134 valence electrons. The smallest absolute Gasteiger partial charge is 0.263 e. The molecule has 2 N–H and O–H groups in total. The van der Waals surface area contributed by atoms with E-state index in [1.165, 1.54) is 29.0 Å². The topological polar surface area (TPSA) is 54.0 Å². The third-order valence-electron chi connectivity index (χ3n) is 3.90. The standard InChI is InChI=1S/C20H20FN3OS/c1-14-18(19(25)23-13-16-7-9-17(21)10-8-16)26-20(24-14)22-12-11-15-5-3-2-4-6-15/h2-10H,11-13H2,1H3,(H,22,24)(H,23,25). The summed E-state index contributed by atoms with van der Waals surface area (Å²) in [4.78, 5) is 17.4. The van der Waals surface area contributed by atoms with Crippen molar-refractivity contribution in [3.63, 3.8) is 0 Å². The molecule has 26 heavy (non-hydrogen) atoms. The Balaban J connectivity index is 1.53. The molecular formula is C20H20FN3OS. The van der Waals surface area contributed by atoms with Crippen LogP contribution in [-0.2, 0) is 13.0 Å². The van der Waals surface area contributed by atoms with Crippen LogP contribution in [0.4, 0.5) is 9.52 Å². The van der Waals surface area contributed by atoms with Gasteiger partial charge in [0.05, 0.1) is 5.69 Å². The van der Waals surface area contributed by atoms with E-state index in [0.717, 1.165) is 23.7 Å². The largest absolute Gasteiger partial charge is 0.361 e. The Hall–Kier alpha value is -2.73. The van der Waals surface area contributed by atoms with Crippen molar-refractivity contribution in [2.75, 3.05) is 11.9 Å². The summed E-state index contributed by atoms with van der Waals surface area (Å²) in [7, 11) is 0. The zero-order chi connectivity index (χ0) is 18.4. The van der Waals surface area contributed by atoms with Gasteiger partial charge in [-0.25, -0.2) is 9.37 Å². The molecule has 0 atom stereocenters. The zero-order valence-corrected chi connectivity index (χ0v) is 15.3. The second-order valence-electron chi connectivity index (χ2n) is 5.91. The molecule has 1 amide bonds. The first-order valence-corrected chi connectivity index (χ1v) is 9.21. The van der Waals surface area contributed by atoms with Gasteiger partial charge >= 0.3 is 0 Å². The van der Waals surface area contributed by atoms with E-state index in [0.29, 0.717) is 17.1 Å². The number of thiazole rings is 1. The molecule has 0 radical (unpaired) electrons. The molecule has 1 heterocycles. The number of amides is 1. The van der Waals surface area contributed by atoms with Gasteiger partial charge in [0, 0.05) is 13.1 Å². The van der Waals surface area contributed by atoms with E-state index >= 15 is 0 Å². The van der Waals surface area contributed by atoms with Crippen LogP contribution in [0, 0.1) is 12.7 Å². The predicted octanol–water partition coefficient (Wildman–Crippen LogP) is 4.18. The Bertz CT molecular complexity index is 863. The Labute approximate surface area is 156 Å². The minimum absolute atomic E-state index is 0.166. The summed E-state index contributed by atoms with van der Waals surface area (Å²) in [6.45, 7) is 2.94. The molecule has 0 aliphatic heterocycles. The van der Waals surface area contributed by atoms with E-state index in [9.17, 15) is 9.18 Å². The average Bonchev–Trinajstić information content (AvgIpc) is 3.02. The van der Waals surface area contributed by atoms with Crippen LogP contribution in [0.15, 0.2) is 54.6 Å². The summed E-state index contributed by atoms with van der Waals surface area (Å²) in [6.07, 6.45) is 0.894. The highest BCUT2D eigenvalue weighted by atomic mass is 32.1. The number of hydrogen-bond donors (Lipinski definition) is 2. The van der Waals surface area contributed by atoms with Crippen LogP contribution in [0.3, 0.4) is 0 Å². The van der Waals surface area contributed by atoms with E-state index in [1.807, 2.05) is 25.1 Å². The van der Waals surface area contributed by atoms with Gasteiger partial charge in [0.2, 0.25) is 0 Å². The molecule has 1 aromatic heterocycles. The number of anilines is 1. The molecule has 3 rings (SSSR count). The van der Waals surface area contributed by atoms with Crippen LogP contribution in [0.1, 0.15) is 26.5 Å². The Morgan fingerprint density at radius 2 is 1.81 bits per heavy atom. The summed E-state index contributed by atoms with van der Waals surface area (Å²) in [5.74, 6) is -0.454. The molecule has 3 aromatic rings. The lowest BCUT2D eigenvalue weighted by Crippen LogP contribution is -2.22. The normalized spacial score (nSPS) is 10.5. The van der Waals surface area contributed by atoms with Gasteiger partial charge in [0.15, 0.2) is 5.13 Å². The van der Waals surface area contributed by atoms with E-state index in [4.69, 9.17) is 0 Å². The first-order chi connectivity index (χ1) is 12.6. The maximum atomic E-state index is 12.9. The number of aryl methyl sites for hydroxylation is 1. The predicted molar refractivity (Wildman–Crippen MR) is 103 cm³/mol. The van der Waals surface area contributed by atoms with Gasteiger partial charge in [0.25, 0.3) is 5.91 Å². The van der Waals surface area contributed by atoms with Gasteiger partial charge in [-0.05, 0) is 36.6 Å². The monoisotopic (exact) mass is 369 g/mol. The van der Waals surface area contributed by atoms with Crippen LogP contribution < -0.4 is 10.6 Å². The molecule has 0 spiro atoms. The van der Waals surface area contributed by atoms with E-state index in [-0.39, 0.29) is 11.7 Å². The van der Waals surface area contributed by atoms with Gasteiger partial charge < -0.3 is 10.6 Å². The average molecular weight is 369 g/mol.